The quantitative estimate of drug-likeness (QED) is 0.523. The van der Waals surface area contributed by atoms with E-state index in [1.165, 1.54) is 4.68 Å². The molecule has 0 aliphatic carbocycles. The van der Waals surface area contributed by atoms with Crippen LogP contribution in [0.4, 0.5) is 0 Å². The first-order valence-electron chi connectivity index (χ1n) is 6.90. The first kappa shape index (κ1) is 16.7. The molecule has 8 heteroatoms. The Kier molecular flexibility index (Phi) is 4.99. The van der Waals surface area contributed by atoms with Crippen LogP contribution in [0.15, 0.2) is 47.6 Å². The standard InChI is InChI=1S/C16H12Cl2N4OS/c1-23-12-4-2-3-11(8-12)15-20-21-16(24)22(15)19-9-10-5-6-13(17)14(18)7-10/h2-9H,1H3,(H,21,24)/b19-9+. The second-order valence-electron chi connectivity index (χ2n) is 4.81. The van der Waals surface area contributed by atoms with Crippen LogP contribution in [0.1, 0.15) is 5.56 Å². The van der Waals surface area contributed by atoms with E-state index in [0.29, 0.717) is 20.6 Å². The molecule has 0 unspecified atom stereocenters. The number of aromatic nitrogens is 3. The van der Waals surface area contributed by atoms with Gasteiger partial charge in [0.05, 0.1) is 23.4 Å². The summed E-state index contributed by atoms with van der Waals surface area (Å²) in [6.45, 7) is 0. The Morgan fingerprint density at radius 3 is 2.79 bits per heavy atom. The number of H-pyrrole nitrogens is 1. The first-order valence-corrected chi connectivity index (χ1v) is 8.06. The van der Waals surface area contributed by atoms with Crippen molar-refractivity contribution in [3.63, 3.8) is 0 Å². The molecule has 1 heterocycles. The van der Waals surface area contributed by atoms with Gasteiger partial charge in [0.25, 0.3) is 0 Å². The minimum Gasteiger partial charge on any atom is -0.497 e. The molecule has 0 aliphatic rings. The van der Waals surface area contributed by atoms with Gasteiger partial charge in [-0.05, 0) is 42.0 Å². The lowest BCUT2D eigenvalue weighted by Gasteiger charge is -2.04. The molecule has 3 aromatic rings. The molecule has 0 saturated carbocycles. The average Bonchev–Trinajstić information content (AvgIpc) is 2.97. The number of methoxy groups -OCH3 is 1. The zero-order valence-electron chi connectivity index (χ0n) is 12.5. The number of aromatic amines is 1. The fraction of sp³-hybridized carbons (Fsp3) is 0.0625. The predicted octanol–water partition coefficient (Wildman–Crippen LogP) is 4.81. The molecule has 0 radical (unpaired) electrons. The van der Waals surface area contributed by atoms with E-state index < -0.39 is 0 Å². The highest BCUT2D eigenvalue weighted by Crippen LogP contribution is 2.23. The summed E-state index contributed by atoms with van der Waals surface area (Å²) in [5, 5.41) is 12.3. The number of nitrogens with one attached hydrogen (secondary N) is 1. The highest BCUT2D eigenvalue weighted by atomic mass is 35.5. The van der Waals surface area contributed by atoms with Crippen molar-refractivity contribution in [1.29, 1.82) is 0 Å². The van der Waals surface area contributed by atoms with Crippen molar-refractivity contribution in [1.82, 2.24) is 14.9 Å². The Balaban J connectivity index is 1.99. The first-order chi connectivity index (χ1) is 11.6. The monoisotopic (exact) mass is 378 g/mol. The van der Waals surface area contributed by atoms with E-state index in [9.17, 15) is 0 Å². The molecule has 0 saturated heterocycles. The van der Waals surface area contributed by atoms with E-state index in [1.54, 1.807) is 25.5 Å². The van der Waals surface area contributed by atoms with Crippen molar-refractivity contribution in [2.75, 3.05) is 7.11 Å². The predicted molar refractivity (Wildman–Crippen MR) is 98.9 cm³/mol. The van der Waals surface area contributed by atoms with Crippen molar-refractivity contribution in [2.45, 2.75) is 0 Å². The molecule has 0 spiro atoms. The summed E-state index contributed by atoms with van der Waals surface area (Å²) in [4.78, 5) is 0. The van der Waals surface area contributed by atoms with E-state index in [0.717, 1.165) is 16.9 Å². The molecule has 0 fully saturated rings. The SMILES string of the molecule is COc1cccc(-c2n[nH]c(=S)n2/N=C/c2ccc(Cl)c(Cl)c2)c1. The summed E-state index contributed by atoms with van der Waals surface area (Å²) in [5.74, 6) is 1.30. The second-order valence-corrected chi connectivity index (χ2v) is 6.02. The third-order valence-electron chi connectivity index (χ3n) is 3.24. The third-order valence-corrected chi connectivity index (χ3v) is 4.25. The molecule has 122 valence electrons. The molecule has 1 N–H and O–H groups in total. The fourth-order valence-corrected chi connectivity index (χ4v) is 2.55. The summed E-state index contributed by atoms with van der Waals surface area (Å²) in [6.07, 6.45) is 1.64. The zero-order valence-corrected chi connectivity index (χ0v) is 14.9. The van der Waals surface area contributed by atoms with Gasteiger partial charge in [-0.1, -0.05) is 41.4 Å². The Morgan fingerprint density at radius 1 is 1.21 bits per heavy atom. The van der Waals surface area contributed by atoms with E-state index >= 15 is 0 Å². The lowest BCUT2D eigenvalue weighted by atomic mass is 10.2. The topological polar surface area (TPSA) is 55.2 Å². The Morgan fingerprint density at radius 2 is 2.04 bits per heavy atom. The number of ether oxygens (including phenoxy) is 1. The van der Waals surface area contributed by atoms with E-state index in [1.807, 2.05) is 30.3 Å². The Labute approximate surface area is 153 Å². The van der Waals surface area contributed by atoms with Crippen LogP contribution in [-0.2, 0) is 0 Å². The van der Waals surface area contributed by atoms with Crippen LogP contribution in [0.5, 0.6) is 5.75 Å². The molecule has 0 bridgehead atoms. The lowest BCUT2D eigenvalue weighted by molar-refractivity contribution is 0.415. The van der Waals surface area contributed by atoms with E-state index in [2.05, 4.69) is 15.3 Å². The van der Waals surface area contributed by atoms with Gasteiger partial charge >= 0.3 is 0 Å². The molecule has 0 aliphatic heterocycles. The summed E-state index contributed by atoms with van der Waals surface area (Å²) >= 11 is 17.2. The summed E-state index contributed by atoms with van der Waals surface area (Å²) in [5.41, 5.74) is 1.62. The minimum atomic E-state index is 0.379. The highest BCUT2D eigenvalue weighted by molar-refractivity contribution is 7.71. The van der Waals surface area contributed by atoms with E-state index in [-0.39, 0.29) is 0 Å². The van der Waals surface area contributed by atoms with Crippen LogP contribution < -0.4 is 4.74 Å². The van der Waals surface area contributed by atoms with Gasteiger partial charge in [-0.3, -0.25) is 0 Å². The molecular formula is C16H12Cl2N4OS. The Bertz CT molecular complexity index is 965. The van der Waals surface area contributed by atoms with Gasteiger partial charge in [0, 0.05) is 5.56 Å². The second kappa shape index (κ2) is 7.17. The van der Waals surface area contributed by atoms with Gasteiger partial charge in [-0.15, -0.1) is 0 Å². The molecule has 2 aromatic carbocycles. The maximum absolute atomic E-state index is 6.01. The van der Waals surface area contributed by atoms with Crippen LogP contribution in [0.25, 0.3) is 11.4 Å². The van der Waals surface area contributed by atoms with Crippen molar-refractivity contribution < 1.29 is 4.74 Å². The van der Waals surface area contributed by atoms with Crippen LogP contribution in [0, 0.1) is 4.77 Å². The molecule has 5 nitrogen and oxygen atoms in total. The summed E-state index contributed by atoms with van der Waals surface area (Å²) in [6, 6.07) is 12.7. The number of nitrogens with zero attached hydrogens (tertiary/aromatic N) is 3. The van der Waals surface area contributed by atoms with Crippen molar-refractivity contribution in [3.05, 3.63) is 62.8 Å². The van der Waals surface area contributed by atoms with Crippen molar-refractivity contribution in [3.8, 4) is 17.1 Å². The molecule has 24 heavy (non-hydrogen) atoms. The number of hydrogen-bond donors (Lipinski definition) is 1. The zero-order chi connectivity index (χ0) is 17.1. The summed E-state index contributed by atoms with van der Waals surface area (Å²) in [7, 11) is 1.61. The van der Waals surface area contributed by atoms with Crippen LogP contribution in [0.3, 0.4) is 0 Å². The lowest BCUT2D eigenvalue weighted by Crippen LogP contribution is -1.95. The van der Waals surface area contributed by atoms with Crippen LogP contribution in [-0.4, -0.2) is 28.2 Å². The van der Waals surface area contributed by atoms with Gasteiger partial charge in [-0.25, -0.2) is 5.10 Å². The smallest absolute Gasteiger partial charge is 0.216 e. The van der Waals surface area contributed by atoms with Crippen LogP contribution >= 0.6 is 35.4 Å². The Hall–Kier alpha value is -2.15. The molecule has 0 amide bonds. The molecular weight excluding hydrogens is 367 g/mol. The minimum absolute atomic E-state index is 0.379. The van der Waals surface area contributed by atoms with Crippen LogP contribution in [0.2, 0.25) is 10.0 Å². The normalized spacial score (nSPS) is 11.1. The van der Waals surface area contributed by atoms with Crippen molar-refractivity contribution >= 4 is 41.6 Å². The highest BCUT2D eigenvalue weighted by Gasteiger charge is 2.09. The van der Waals surface area contributed by atoms with Gasteiger partial charge in [0.2, 0.25) is 4.77 Å². The van der Waals surface area contributed by atoms with Gasteiger partial charge in [-0.2, -0.15) is 14.9 Å². The maximum Gasteiger partial charge on any atom is 0.216 e. The van der Waals surface area contributed by atoms with Gasteiger partial charge < -0.3 is 4.74 Å². The fourth-order valence-electron chi connectivity index (χ4n) is 2.06. The largest absolute Gasteiger partial charge is 0.497 e. The molecule has 0 atom stereocenters. The molecule has 1 aromatic heterocycles. The third kappa shape index (κ3) is 3.51. The number of halogens is 2. The average molecular weight is 379 g/mol. The van der Waals surface area contributed by atoms with Gasteiger partial charge in [0.1, 0.15) is 5.75 Å². The number of benzene rings is 2. The number of hydrogen-bond acceptors (Lipinski definition) is 4. The number of rotatable bonds is 4. The summed E-state index contributed by atoms with van der Waals surface area (Å²) < 4.78 is 7.15. The van der Waals surface area contributed by atoms with E-state index in [4.69, 9.17) is 40.2 Å². The van der Waals surface area contributed by atoms with Gasteiger partial charge in [0.15, 0.2) is 5.82 Å². The maximum atomic E-state index is 6.01. The van der Waals surface area contributed by atoms with Crippen molar-refractivity contribution in [2.24, 2.45) is 5.10 Å². The molecule has 3 rings (SSSR count).